The lowest BCUT2D eigenvalue weighted by molar-refractivity contribution is 0.415. The zero-order valence-corrected chi connectivity index (χ0v) is 18.8. The Labute approximate surface area is 193 Å². The van der Waals surface area contributed by atoms with E-state index in [0.717, 1.165) is 40.4 Å². The summed E-state index contributed by atoms with van der Waals surface area (Å²) in [6.07, 6.45) is 1.64. The average molecular weight is 435 g/mol. The van der Waals surface area contributed by atoms with Gasteiger partial charge in [-0.05, 0) is 53.9 Å². The summed E-state index contributed by atoms with van der Waals surface area (Å²) in [7, 11) is 1.68. The van der Waals surface area contributed by atoms with Crippen molar-refractivity contribution in [2.45, 2.75) is 19.5 Å². The van der Waals surface area contributed by atoms with E-state index in [4.69, 9.17) is 4.74 Å². The molecule has 3 aromatic carbocycles. The fourth-order valence-electron chi connectivity index (χ4n) is 4.14. The zero-order chi connectivity index (χ0) is 22.6. The van der Waals surface area contributed by atoms with E-state index in [9.17, 15) is 0 Å². The molecule has 0 spiro atoms. The highest BCUT2D eigenvalue weighted by molar-refractivity contribution is 5.92. The number of fused-ring (bicyclic) bond motifs is 1. The number of nitrogens with zero attached hydrogens (tertiary/aromatic N) is 3. The van der Waals surface area contributed by atoms with E-state index in [1.165, 1.54) is 11.1 Å². The molecule has 5 heteroatoms. The van der Waals surface area contributed by atoms with E-state index in [-0.39, 0.29) is 6.04 Å². The number of rotatable bonds is 7. The van der Waals surface area contributed by atoms with Crippen LogP contribution >= 0.6 is 0 Å². The van der Waals surface area contributed by atoms with Gasteiger partial charge in [-0.25, -0.2) is 9.97 Å². The molecule has 0 bridgehead atoms. The number of aromatic nitrogens is 3. The quantitative estimate of drug-likeness (QED) is 0.325. The molecular formula is C28H26N4O. The first-order valence-corrected chi connectivity index (χ1v) is 11.1. The van der Waals surface area contributed by atoms with Crippen molar-refractivity contribution in [3.63, 3.8) is 0 Å². The van der Waals surface area contributed by atoms with Gasteiger partial charge < -0.3 is 14.6 Å². The molecule has 1 atom stereocenters. The molecule has 0 aliphatic rings. The van der Waals surface area contributed by atoms with Crippen LogP contribution in [0.25, 0.3) is 22.3 Å². The van der Waals surface area contributed by atoms with Gasteiger partial charge in [0.15, 0.2) is 0 Å². The van der Waals surface area contributed by atoms with Crippen LogP contribution in [0, 0.1) is 0 Å². The molecular weight excluding hydrogens is 408 g/mol. The lowest BCUT2D eigenvalue weighted by atomic mass is 10.1. The van der Waals surface area contributed by atoms with Crippen molar-refractivity contribution in [2.24, 2.45) is 0 Å². The Morgan fingerprint density at radius 1 is 0.879 bits per heavy atom. The van der Waals surface area contributed by atoms with Gasteiger partial charge >= 0.3 is 0 Å². The Kier molecular flexibility index (Phi) is 5.77. The van der Waals surface area contributed by atoms with Crippen LogP contribution in [0.5, 0.6) is 5.75 Å². The van der Waals surface area contributed by atoms with Gasteiger partial charge in [-0.3, -0.25) is 0 Å². The minimum atomic E-state index is 0.117. The molecule has 0 unspecified atom stereocenters. The summed E-state index contributed by atoms with van der Waals surface area (Å²) < 4.78 is 7.61. The van der Waals surface area contributed by atoms with Crippen LogP contribution in [0.15, 0.2) is 97.3 Å². The van der Waals surface area contributed by atoms with Gasteiger partial charge in [-0.1, -0.05) is 60.7 Å². The Bertz CT molecular complexity index is 1350. The summed E-state index contributed by atoms with van der Waals surface area (Å²) >= 11 is 0. The highest BCUT2D eigenvalue weighted by atomic mass is 16.5. The lowest BCUT2D eigenvalue weighted by Gasteiger charge is -2.15. The second-order valence-corrected chi connectivity index (χ2v) is 8.07. The second kappa shape index (κ2) is 9.17. The number of hydrogen-bond donors (Lipinski definition) is 1. The predicted molar refractivity (Wildman–Crippen MR) is 134 cm³/mol. The molecule has 0 aliphatic carbocycles. The monoisotopic (exact) mass is 434 g/mol. The maximum absolute atomic E-state index is 5.36. The van der Waals surface area contributed by atoms with Gasteiger partial charge in [0, 0.05) is 12.6 Å². The van der Waals surface area contributed by atoms with Crippen LogP contribution < -0.4 is 10.1 Å². The van der Waals surface area contributed by atoms with Gasteiger partial charge in [0.1, 0.15) is 23.5 Å². The van der Waals surface area contributed by atoms with E-state index in [2.05, 4.69) is 93.5 Å². The lowest BCUT2D eigenvalue weighted by Crippen LogP contribution is -2.08. The molecule has 0 radical (unpaired) electrons. The first-order chi connectivity index (χ1) is 16.2. The van der Waals surface area contributed by atoms with Crippen molar-refractivity contribution in [3.05, 3.63) is 108 Å². The van der Waals surface area contributed by atoms with E-state index in [1.54, 1.807) is 13.4 Å². The van der Waals surface area contributed by atoms with Crippen LogP contribution in [-0.4, -0.2) is 21.6 Å². The molecule has 164 valence electrons. The minimum Gasteiger partial charge on any atom is -0.497 e. The van der Waals surface area contributed by atoms with Gasteiger partial charge in [-0.2, -0.15) is 0 Å². The molecule has 0 saturated heterocycles. The predicted octanol–water partition coefficient (Wildman–Crippen LogP) is 6.33. The first kappa shape index (κ1) is 20.8. The highest BCUT2D eigenvalue weighted by Crippen LogP contribution is 2.33. The van der Waals surface area contributed by atoms with Gasteiger partial charge in [0.25, 0.3) is 0 Å². The maximum Gasteiger partial charge on any atom is 0.146 e. The molecule has 1 N–H and O–H groups in total. The maximum atomic E-state index is 5.36. The highest BCUT2D eigenvalue weighted by Gasteiger charge is 2.17. The van der Waals surface area contributed by atoms with Gasteiger partial charge in [-0.15, -0.1) is 0 Å². The Morgan fingerprint density at radius 3 is 2.27 bits per heavy atom. The van der Waals surface area contributed by atoms with Gasteiger partial charge in [0.2, 0.25) is 0 Å². The standard InChI is InChI=1S/C28H26N4O/c1-20(22-11-7-4-8-12-22)31-27-25-17-26(23-13-15-24(33-2)16-14-23)32(28(25)30-19-29-27)18-21-9-5-3-6-10-21/h3-17,19-20H,18H2,1-2H3,(H,29,30,31)/t20-/m0/s1. The minimum absolute atomic E-state index is 0.117. The average Bonchev–Trinajstić information content (AvgIpc) is 3.24. The molecule has 0 aliphatic heterocycles. The van der Waals surface area contributed by atoms with E-state index in [1.807, 2.05) is 24.3 Å². The number of hydrogen-bond acceptors (Lipinski definition) is 4. The van der Waals surface area contributed by atoms with Crippen molar-refractivity contribution < 1.29 is 4.74 Å². The number of ether oxygens (including phenoxy) is 1. The molecule has 5 rings (SSSR count). The van der Waals surface area contributed by atoms with Crippen molar-refractivity contribution in [1.82, 2.24) is 14.5 Å². The van der Waals surface area contributed by atoms with Gasteiger partial charge in [0.05, 0.1) is 18.2 Å². The SMILES string of the molecule is COc1ccc(-c2cc3c(N[C@@H](C)c4ccccc4)ncnc3n2Cc2ccccc2)cc1. The topological polar surface area (TPSA) is 52.0 Å². The largest absolute Gasteiger partial charge is 0.497 e. The van der Waals surface area contributed by atoms with E-state index < -0.39 is 0 Å². The normalized spacial score (nSPS) is 11.9. The molecule has 5 aromatic rings. The van der Waals surface area contributed by atoms with Crippen molar-refractivity contribution in [1.29, 1.82) is 0 Å². The molecule has 0 fully saturated rings. The van der Waals surface area contributed by atoms with Crippen LogP contribution in [0.1, 0.15) is 24.1 Å². The molecule has 2 aromatic heterocycles. The second-order valence-electron chi connectivity index (χ2n) is 8.07. The Morgan fingerprint density at radius 2 is 1.58 bits per heavy atom. The Hall–Kier alpha value is -4.12. The first-order valence-electron chi connectivity index (χ1n) is 11.1. The summed E-state index contributed by atoms with van der Waals surface area (Å²) in [5, 5.41) is 4.59. The summed E-state index contributed by atoms with van der Waals surface area (Å²) in [6, 6.07) is 31.3. The molecule has 5 nitrogen and oxygen atoms in total. The number of nitrogens with one attached hydrogen (secondary N) is 1. The molecule has 0 amide bonds. The number of anilines is 1. The Balaban J connectivity index is 1.61. The third-order valence-electron chi connectivity index (χ3n) is 5.91. The summed E-state index contributed by atoms with van der Waals surface area (Å²) in [4.78, 5) is 9.28. The third-order valence-corrected chi connectivity index (χ3v) is 5.91. The molecule has 33 heavy (non-hydrogen) atoms. The zero-order valence-electron chi connectivity index (χ0n) is 18.8. The number of methoxy groups -OCH3 is 1. The van der Waals surface area contributed by atoms with Crippen molar-refractivity contribution >= 4 is 16.9 Å². The molecule has 0 saturated carbocycles. The van der Waals surface area contributed by atoms with Crippen LogP contribution in [0.4, 0.5) is 5.82 Å². The van der Waals surface area contributed by atoms with Crippen molar-refractivity contribution in [2.75, 3.05) is 12.4 Å². The van der Waals surface area contributed by atoms with Crippen LogP contribution in [-0.2, 0) is 6.54 Å². The van der Waals surface area contributed by atoms with Crippen LogP contribution in [0.2, 0.25) is 0 Å². The van der Waals surface area contributed by atoms with E-state index in [0.29, 0.717) is 0 Å². The summed E-state index contributed by atoms with van der Waals surface area (Å²) in [5.74, 6) is 1.67. The fraction of sp³-hybridized carbons (Fsp3) is 0.143. The van der Waals surface area contributed by atoms with E-state index >= 15 is 0 Å². The number of benzene rings is 3. The third kappa shape index (κ3) is 4.30. The fourth-order valence-corrected chi connectivity index (χ4v) is 4.14. The van der Waals surface area contributed by atoms with Crippen molar-refractivity contribution in [3.8, 4) is 17.0 Å². The summed E-state index contributed by atoms with van der Waals surface area (Å²) in [6.45, 7) is 2.87. The summed E-state index contributed by atoms with van der Waals surface area (Å²) in [5.41, 5.74) is 5.53. The smallest absolute Gasteiger partial charge is 0.146 e. The van der Waals surface area contributed by atoms with Crippen LogP contribution in [0.3, 0.4) is 0 Å². The molecule has 2 heterocycles.